The van der Waals surface area contributed by atoms with Crippen molar-refractivity contribution in [2.24, 2.45) is 0 Å². The van der Waals surface area contributed by atoms with Gasteiger partial charge in [-0.3, -0.25) is 0 Å². The third kappa shape index (κ3) is 3.34. The summed E-state index contributed by atoms with van der Waals surface area (Å²) in [6.45, 7) is 14.3. The Morgan fingerprint density at radius 1 is 0.963 bits per heavy atom. The fourth-order valence-electron chi connectivity index (χ4n) is 5.65. The molecule has 1 atom stereocenters. The van der Waals surface area contributed by atoms with Gasteiger partial charge in [-0.05, 0) is 80.3 Å². The van der Waals surface area contributed by atoms with Crippen molar-refractivity contribution in [3.8, 4) is 0 Å². The van der Waals surface area contributed by atoms with Crippen molar-refractivity contribution in [3.05, 3.63) is 75.9 Å². The quantitative estimate of drug-likeness (QED) is 0.627. The van der Waals surface area contributed by atoms with E-state index in [1.165, 1.54) is 36.0 Å². The number of benzene rings is 2. The number of hydrogen-bond donors (Lipinski definition) is 1. The molecule has 0 radical (unpaired) electrons. The minimum atomic E-state index is -1.74. The fraction of sp³-hybridized carbons (Fsp3) is 0.440. The summed E-state index contributed by atoms with van der Waals surface area (Å²) in [4.78, 5) is 4.05. The summed E-state index contributed by atoms with van der Waals surface area (Å²) >= 11 is 0. The van der Waals surface area contributed by atoms with Crippen molar-refractivity contribution in [3.63, 3.8) is 0 Å². The first-order chi connectivity index (χ1) is 12.7. The molecule has 142 valence electrons. The average molecular weight is 376 g/mol. The van der Waals surface area contributed by atoms with Gasteiger partial charge in [0.15, 0.2) is 0 Å². The summed E-state index contributed by atoms with van der Waals surface area (Å²) in [5.74, 6) is 0. The van der Waals surface area contributed by atoms with Crippen LogP contribution >= 0.6 is 0 Å². The molecular weight excluding hydrogens is 342 g/mol. The van der Waals surface area contributed by atoms with Crippen molar-refractivity contribution in [2.45, 2.75) is 71.1 Å². The maximum absolute atomic E-state index is 4.05. The Labute approximate surface area is 166 Å². The van der Waals surface area contributed by atoms with Gasteiger partial charge in [-0.25, -0.2) is 0 Å². The van der Waals surface area contributed by atoms with Crippen LogP contribution in [-0.4, -0.2) is 13.8 Å². The van der Waals surface area contributed by atoms with Gasteiger partial charge < -0.3 is 4.98 Å². The van der Waals surface area contributed by atoms with Crippen LogP contribution in [0.25, 0.3) is 5.57 Å². The van der Waals surface area contributed by atoms with Gasteiger partial charge in [0, 0.05) is 11.1 Å². The Kier molecular flexibility index (Phi) is 4.48. The van der Waals surface area contributed by atoms with Crippen molar-refractivity contribution in [2.75, 3.05) is 0 Å². The van der Waals surface area contributed by atoms with E-state index < -0.39 is 8.24 Å². The Hall–Kier alpha value is -1.64. The van der Waals surface area contributed by atoms with Crippen molar-refractivity contribution in [1.82, 2.24) is 4.98 Å². The first kappa shape index (κ1) is 18.7. The van der Waals surface area contributed by atoms with E-state index in [1.807, 2.05) is 0 Å². The highest BCUT2D eigenvalue weighted by Crippen LogP contribution is 2.49. The maximum atomic E-state index is 4.05. The van der Waals surface area contributed by atoms with Crippen LogP contribution in [0.5, 0.6) is 0 Å². The molecule has 2 aliphatic carbocycles. The second-order valence-electron chi connectivity index (χ2n) is 10.0. The average Bonchev–Trinajstić information content (AvgIpc) is 3.12. The third-order valence-electron chi connectivity index (χ3n) is 6.15. The van der Waals surface area contributed by atoms with Gasteiger partial charge >= 0.3 is 0 Å². The largest absolute Gasteiger partial charge is 0.332 e. The Bertz CT molecular complexity index is 900. The lowest BCUT2D eigenvalue weighted by atomic mass is 9.95. The number of aryl methyl sites for hydroxylation is 2. The van der Waals surface area contributed by atoms with E-state index >= 15 is 0 Å². The van der Waals surface area contributed by atoms with Gasteiger partial charge in [-0.15, -0.1) is 0 Å². The molecule has 0 bridgehead atoms. The second-order valence-corrected chi connectivity index (χ2v) is 14.3. The van der Waals surface area contributed by atoms with Crippen molar-refractivity contribution < 1.29 is 0 Å². The normalized spacial score (nSPS) is 19.4. The van der Waals surface area contributed by atoms with Crippen LogP contribution in [0.4, 0.5) is 0 Å². The van der Waals surface area contributed by atoms with E-state index in [0.717, 1.165) is 0 Å². The number of fused-ring (bicyclic) bond motifs is 2. The highest BCUT2D eigenvalue weighted by atomic mass is 28.3. The minimum Gasteiger partial charge on any atom is -0.332 e. The molecule has 0 aromatic heterocycles. The summed E-state index contributed by atoms with van der Waals surface area (Å²) in [5.41, 5.74) is 11.4. The van der Waals surface area contributed by atoms with Gasteiger partial charge in [0.1, 0.15) is 8.24 Å². The summed E-state index contributed by atoms with van der Waals surface area (Å²) in [6, 6.07) is 16.1. The van der Waals surface area contributed by atoms with E-state index in [0.29, 0.717) is 5.54 Å². The first-order valence-electron chi connectivity index (χ1n) is 10.4. The smallest absolute Gasteiger partial charge is 0.131 e. The molecule has 1 nitrogen and oxygen atoms in total. The first-order valence-corrected chi connectivity index (χ1v) is 13.5. The minimum absolute atomic E-state index is 0.141. The van der Waals surface area contributed by atoms with Gasteiger partial charge in [0.05, 0.1) is 0 Å². The predicted molar refractivity (Wildman–Crippen MR) is 120 cm³/mol. The highest BCUT2D eigenvalue weighted by molar-refractivity contribution is 6.77. The third-order valence-corrected chi connectivity index (χ3v) is 9.73. The summed E-state index contributed by atoms with van der Waals surface area (Å²) in [5, 5.41) is 0. The molecule has 2 heteroatoms. The van der Waals surface area contributed by atoms with Crippen LogP contribution in [0, 0.1) is 0 Å². The highest BCUT2D eigenvalue weighted by Gasteiger charge is 2.43. The molecule has 0 fully saturated rings. The Morgan fingerprint density at radius 3 is 2.22 bits per heavy atom. The molecule has 27 heavy (non-hydrogen) atoms. The van der Waals surface area contributed by atoms with E-state index in [-0.39, 0.29) is 5.54 Å². The zero-order chi connectivity index (χ0) is 19.4. The summed E-state index contributed by atoms with van der Waals surface area (Å²) in [7, 11) is -1.74. The van der Waals surface area contributed by atoms with Gasteiger partial charge in [-0.2, -0.15) is 0 Å². The van der Waals surface area contributed by atoms with Crippen LogP contribution in [0.15, 0.2) is 48.0 Å². The molecule has 0 saturated heterocycles. The molecule has 1 N–H and O–H groups in total. The SMILES string of the molecule is CC1=C(c2ccccc2)c2cc3c(cc2C1[Si](C)(C)NC(C)(C)C)CCC3. The maximum Gasteiger partial charge on any atom is 0.131 e. The van der Waals surface area contributed by atoms with Crippen LogP contribution in [0.1, 0.15) is 67.5 Å². The fourth-order valence-corrected chi connectivity index (χ4v) is 9.97. The molecule has 0 amide bonds. The number of hydrogen-bond acceptors (Lipinski definition) is 1. The summed E-state index contributed by atoms with van der Waals surface area (Å²) < 4.78 is 0. The van der Waals surface area contributed by atoms with Crippen LogP contribution < -0.4 is 4.98 Å². The molecule has 0 saturated carbocycles. The van der Waals surface area contributed by atoms with Crippen molar-refractivity contribution in [1.29, 1.82) is 0 Å². The standard InChI is InChI=1S/C25H33NSi/c1-17-23(18-11-8-7-9-12-18)21-15-19-13-10-14-20(19)16-22(21)24(17)27(5,6)26-25(2,3)4/h7-9,11-12,15-16,24,26H,10,13-14H2,1-6H3. The molecule has 2 aromatic carbocycles. The molecular formula is C25H33NSi. The Balaban J connectivity index is 1.91. The lowest BCUT2D eigenvalue weighted by molar-refractivity contribution is 0.508. The lowest BCUT2D eigenvalue weighted by Crippen LogP contribution is -2.58. The van der Waals surface area contributed by atoms with Crippen LogP contribution in [0.2, 0.25) is 13.1 Å². The van der Waals surface area contributed by atoms with E-state index in [9.17, 15) is 0 Å². The Morgan fingerprint density at radius 2 is 1.59 bits per heavy atom. The summed E-state index contributed by atoms with van der Waals surface area (Å²) in [6.07, 6.45) is 3.81. The monoisotopic (exact) mass is 375 g/mol. The van der Waals surface area contributed by atoms with Gasteiger partial charge in [0.2, 0.25) is 0 Å². The number of rotatable bonds is 3. The van der Waals surface area contributed by atoms with Crippen molar-refractivity contribution >= 4 is 13.8 Å². The van der Waals surface area contributed by atoms with E-state index in [2.05, 4.69) is 88.2 Å². The number of nitrogens with one attached hydrogen (secondary N) is 1. The lowest BCUT2D eigenvalue weighted by Gasteiger charge is -2.39. The zero-order valence-corrected chi connectivity index (χ0v) is 18.7. The van der Waals surface area contributed by atoms with Gasteiger partial charge in [-0.1, -0.05) is 61.1 Å². The zero-order valence-electron chi connectivity index (χ0n) is 17.7. The molecule has 0 heterocycles. The van der Waals surface area contributed by atoms with Crippen LogP contribution in [0.3, 0.4) is 0 Å². The van der Waals surface area contributed by atoms with Gasteiger partial charge in [0.25, 0.3) is 0 Å². The molecule has 2 aromatic rings. The number of allylic oxidation sites excluding steroid dienone is 1. The molecule has 0 aliphatic heterocycles. The van der Waals surface area contributed by atoms with E-state index in [4.69, 9.17) is 0 Å². The topological polar surface area (TPSA) is 12.0 Å². The molecule has 4 rings (SSSR count). The molecule has 0 spiro atoms. The second kappa shape index (κ2) is 6.46. The molecule has 1 unspecified atom stereocenters. The van der Waals surface area contributed by atoms with E-state index in [1.54, 1.807) is 22.3 Å². The predicted octanol–water partition coefficient (Wildman–Crippen LogP) is 6.23. The van der Waals surface area contributed by atoms with Crippen LogP contribution in [-0.2, 0) is 12.8 Å². The molecule has 2 aliphatic rings.